The molecule has 0 aliphatic heterocycles. The van der Waals surface area contributed by atoms with Crippen LogP contribution in [0.3, 0.4) is 0 Å². The van der Waals surface area contributed by atoms with Crippen molar-refractivity contribution in [1.82, 2.24) is 9.80 Å². The number of carbonyl (C=O) groups excluding carboxylic acids is 1. The first-order valence-electron chi connectivity index (χ1n) is 10.9. The van der Waals surface area contributed by atoms with E-state index in [9.17, 15) is 9.90 Å². The van der Waals surface area contributed by atoms with Gasteiger partial charge in [0.15, 0.2) is 0 Å². The Balaban J connectivity index is 1.87. The number of carbonyl (C=O) groups is 1. The predicted molar refractivity (Wildman–Crippen MR) is 126 cm³/mol. The summed E-state index contributed by atoms with van der Waals surface area (Å²) >= 11 is 0. The number of aliphatic hydroxyl groups excluding tert-OH is 1. The maximum atomic E-state index is 13.3. The molecule has 0 radical (unpaired) electrons. The summed E-state index contributed by atoms with van der Waals surface area (Å²) in [5, 5.41) is 9.50. The maximum absolute atomic E-state index is 13.3. The number of aliphatic hydroxyl groups is 1. The smallest absolute Gasteiger partial charge is 0.237 e. The van der Waals surface area contributed by atoms with Crippen LogP contribution >= 0.6 is 0 Å². The van der Waals surface area contributed by atoms with Crippen molar-refractivity contribution in [2.75, 3.05) is 26.7 Å². The van der Waals surface area contributed by atoms with Gasteiger partial charge in [0.2, 0.25) is 5.91 Å². The lowest BCUT2D eigenvalue weighted by molar-refractivity contribution is -0.133. The van der Waals surface area contributed by atoms with Crippen molar-refractivity contribution >= 4 is 5.91 Å². The molecule has 0 aromatic heterocycles. The molecule has 3 aromatic rings. The predicted octanol–water partition coefficient (Wildman–Crippen LogP) is 4.68. The summed E-state index contributed by atoms with van der Waals surface area (Å²) in [4.78, 5) is 17.3. The van der Waals surface area contributed by atoms with Crippen molar-refractivity contribution in [1.29, 1.82) is 0 Å². The minimum atomic E-state index is -0.0571. The summed E-state index contributed by atoms with van der Waals surface area (Å²) in [5.41, 5.74) is 3.39. The second-order valence-electron chi connectivity index (χ2n) is 7.86. The summed E-state index contributed by atoms with van der Waals surface area (Å²) in [6.45, 7) is 3.06. The van der Waals surface area contributed by atoms with Gasteiger partial charge >= 0.3 is 0 Å². The number of hydrogen-bond donors (Lipinski definition) is 1. The Morgan fingerprint density at radius 3 is 1.71 bits per heavy atom. The van der Waals surface area contributed by atoms with Crippen LogP contribution in [0.25, 0.3) is 0 Å². The van der Waals surface area contributed by atoms with Crippen LogP contribution in [-0.4, -0.2) is 47.6 Å². The van der Waals surface area contributed by atoms with Gasteiger partial charge in [0.05, 0.1) is 18.6 Å². The number of hydrogen-bond acceptors (Lipinski definition) is 3. The first-order chi connectivity index (χ1) is 15.1. The van der Waals surface area contributed by atoms with Crippen molar-refractivity contribution in [3.63, 3.8) is 0 Å². The summed E-state index contributed by atoms with van der Waals surface area (Å²) < 4.78 is 0. The van der Waals surface area contributed by atoms with E-state index in [0.29, 0.717) is 13.0 Å². The van der Waals surface area contributed by atoms with Gasteiger partial charge in [0, 0.05) is 20.2 Å². The Morgan fingerprint density at radius 1 is 0.806 bits per heavy atom. The topological polar surface area (TPSA) is 43.8 Å². The number of benzene rings is 3. The van der Waals surface area contributed by atoms with Gasteiger partial charge in [0.25, 0.3) is 0 Å². The molecule has 0 heterocycles. The fraction of sp³-hybridized carbons (Fsp3) is 0.296. The molecular weight excluding hydrogens is 384 g/mol. The molecule has 0 saturated heterocycles. The molecule has 3 rings (SSSR count). The molecular formula is C27H32N2O2. The van der Waals surface area contributed by atoms with Crippen LogP contribution in [-0.2, 0) is 4.79 Å². The third-order valence-electron chi connectivity index (χ3n) is 5.79. The molecule has 1 atom stereocenters. The SMILES string of the molecule is CC(c1ccccc1)N(C)C(=O)CN(CCCO)C(c1ccccc1)c1ccccc1. The average Bonchev–Trinajstić information content (AvgIpc) is 2.83. The molecule has 4 heteroatoms. The van der Waals surface area contributed by atoms with Gasteiger partial charge in [0.1, 0.15) is 0 Å². The van der Waals surface area contributed by atoms with E-state index in [0.717, 1.165) is 16.7 Å². The van der Waals surface area contributed by atoms with Crippen molar-refractivity contribution in [2.24, 2.45) is 0 Å². The first kappa shape index (κ1) is 22.7. The highest BCUT2D eigenvalue weighted by Gasteiger charge is 2.26. The van der Waals surface area contributed by atoms with Crippen molar-refractivity contribution in [3.05, 3.63) is 108 Å². The van der Waals surface area contributed by atoms with Gasteiger partial charge in [-0.25, -0.2) is 0 Å². The normalized spacial score (nSPS) is 12.2. The van der Waals surface area contributed by atoms with Gasteiger partial charge in [-0.2, -0.15) is 0 Å². The number of rotatable bonds is 10. The van der Waals surface area contributed by atoms with Crippen LogP contribution in [0.5, 0.6) is 0 Å². The molecule has 0 aliphatic carbocycles. The Bertz CT molecular complexity index is 876. The second-order valence-corrected chi connectivity index (χ2v) is 7.86. The van der Waals surface area contributed by atoms with E-state index in [1.165, 1.54) is 0 Å². The van der Waals surface area contributed by atoms with E-state index in [4.69, 9.17) is 0 Å². The van der Waals surface area contributed by atoms with Crippen LogP contribution in [0.1, 0.15) is 42.1 Å². The van der Waals surface area contributed by atoms with Gasteiger partial charge in [-0.1, -0.05) is 91.0 Å². The second kappa shape index (κ2) is 11.4. The number of amides is 1. The first-order valence-corrected chi connectivity index (χ1v) is 10.9. The molecule has 162 valence electrons. The minimum Gasteiger partial charge on any atom is -0.396 e. The highest BCUT2D eigenvalue weighted by molar-refractivity contribution is 5.78. The zero-order valence-corrected chi connectivity index (χ0v) is 18.4. The molecule has 31 heavy (non-hydrogen) atoms. The van der Waals surface area contributed by atoms with Gasteiger partial charge < -0.3 is 10.0 Å². The summed E-state index contributed by atoms with van der Waals surface area (Å²) in [6, 6.07) is 30.5. The van der Waals surface area contributed by atoms with E-state index in [1.807, 2.05) is 66.5 Å². The van der Waals surface area contributed by atoms with Crippen LogP contribution < -0.4 is 0 Å². The van der Waals surface area contributed by atoms with Gasteiger partial charge in [-0.15, -0.1) is 0 Å². The summed E-state index contributed by atoms with van der Waals surface area (Å²) in [5.74, 6) is 0.0613. The van der Waals surface area contributed by atoms with Crippen molar-refractivity contribution in [3.8, 4) is 0 Å². The van der Waals surface area contributed by atoms with Crippen LogP contribution in [0.2, 0.25) is 0 Å². The zero-order valence-electron chi connectivity index (χ0n) is 18.4. The van der Waals surface area contributed by atoms with Crippen LogP contribution in [0, 0.1) is 0 Å². The molecule has 1 amide bonds. The van der Waals surface area contributed by atoms with E-state index in [2.05, 4.69) is 48.2 Å². The Labute approximate surface area is 185 Å². The zero-order chi connectivity index (χ0) is 22.1. The molecule has 0 bridgehead atoms. The largest absolute Gasteiger partial charge is 0.396 e. The standard InChI is InChI=1S/C27H32N2O2/c1-22(23-13-6-3-7-14-23)28(2)26(31)21-29(19-12-20-30)27(24-15-8-4-9-16-24)25-17-10-5-11-18-25/h3-11,13-18,22,27,30H,12,19-21H2,1-2H3. The van der Waals surface area contributed by atoms with Crippen molar-refractivity contribution < 1.29 is 9.90 Å². The van der Waals surface area contributed by atoms with Gasteiger partial charge in [-0.3, -0.25) is 9.69 Å². The maximum Gasteiger partial charge on any atom is 0.237 e. The molecule has 3 aromatic carbocycles. The lowest BCUT2D eigenvalue weighted by Crippen LogP contribution is -2.42. The quantitative estimate of drug-likeness (QED) is 0.522. The summed E-state index contributed by atoms with van der Waals surface area (Å²) in [7, 11) is 1.87. The fourth-order valence-electron chi connectivity index (χ4n) is 3.91. The van der Waals surface area contributed by atoms with Gasteiger partial charge in [-0.05, 0) is 30.0 Å². The molecule has 1 N–H and O–H groups in total. The Kier molecular flexibility index (Phi) is 8.39. The molecule has 4 nitrogen and oxygen atoms in total. The minimum absolute atomic E-state index is 0.0136. The average molecular weight is 417 g/mol. The van der Waals surface area contributed by atoms with E-state index in [-0.39, 0.29) is 31.1 Å². The molecule has 1 unspecified atom stereocenters. The lowest BCUT2D eigenvalue weighted by Gasteiger charge is -2.34. The van der Waals surface area contributed by atoms with E-state index >= 15 is 0 Å². The van der Waals surface area contributed by atoms with E-state index in [1.54, 1.807) is 0 Å². The highest BCUT2D eigenvalue weighted by atomic mass is 16.3. The van der Waals surface area contributed by atoms with Crippen molar-refractivity contribution in [2.45, 2.75) is 25.4 Å². The van der Waals surface area contributed by atoms with E-state index < -0.39 is 0 Å². The molecule has 0 spiro atoms. The highest BCUT2D eigenvalue weighted by Crippen LogP contribution is 2.29. The van der Waals surface area contributed by atoms with Crippen LogP contribution in [0.15, 0.2) is 91.0 Å². The Morgan fingerprint density at radius 2 is 1.26 bits per heavy atom. The monoisotopic (exact) mass is 416 g/mol. The molecule has 0 saturated carbocycles. The fourth-order valence-corrected chi connectivity index (χ4v) is 3.91. The molecule has 0 fully saturated rings. The van der Waals surface area contributed by atoms with Crippen LogP contribution in [0.4, 0.5) is 0 Å². The Hall–Kier alpha value is -2.95. The lowest BCUT2D eigenvalue weighted by atomic mass is 9.96. The number of likely N-dealkylation sites (N-methyl/N-ethyl adjacent to an activating group) is 1. The third-order valence-corrected chi connectivity index (χ3v) is 5.79. The third kappa shape index (κ3) is 6.03. The molecule has 0 aliphatic rings. The summed E-state index contributed by atoms with van der Waals surface area (Å²) in [6.07, 6.45) is 0.613. The number of nitrogens with zero attached hydrogens (tertiary/aromatic N) is 2.